The van der Waals surface area contributed by atoms with Gasteiger partial charge in [-0.25, -0.2) is 0 Å². The summed E-state index contributed by atoms with van der Waals surface area (Å²) in [6.45, 7) is 6.21. The molecule has 1 heterocycles. The number of aromatic nitrogens is 2. The summed E-state index contributed by atoms with van der Waals surface area (Å²) in [5.74, 6) is -1.11. The Kier molecular flexibility index (Phi) is 6.86. The average molecular weight is 388 g/mol. The number of aryl methyl sites for hydroxylation is 2. The van der Waals surface area contributed by atoms with E-state index in [2.05, 4.69) is 10.4 Å². The number of carbonyl (C=O) groups is 2. The normalized spacial score (nSPS) is 11.7. The summed E-state index contributed by atoms with van der Waals surface area (Å²) in [5.41, 5.74) is 2.45. The number of ether oxygens (including phenoxy) is 1. The van der Waals surface area contributed by atoms with Gasteiger partial charge in [0, 0.05) is 0 Å². The van der Waals surface area contributed by atoms with Crippen molar-refractivity contribution >= 4 is 17.6 Å². The first-order valence-corrected chi connectivity index (χ1v) is 8.92. The lowest BCUT2D eigenvalue weighted by atomic mass is 10.0. The standard InChI is InChI=1S/C19H24N4O5/c1-5-16(15-8-6-12(2)7-9-15)20-17(24)11-28-18(25)10-22-14(4)19(23(26)27)13(3)21-22/h6-9,16H,5,10-11H2,1-4H3,(H,20,24)/t16-/m1/s1. The summed E-state index contributed by atoms with van der Waals surface area (Å²) in [6.07, 6.45) is 0.693. The first kappa shape index (κ1) is 21.1. The van der Waals surface area contributed by atoms with Crippen LogP contribution >= 0.6 is 0 Å². The maximum absolute atomic E-state index is 12.1. The highest BCUT2D eigenvalue weighted by Crippen LogP contribution is 2.21. The molecule has 1 aromatic carbocycles. The van der Waals surface area contributed by atoms with Crippen molar-refractivity contribution < 1.29 is 19.2 Å². The number of hydrogen-bond donors (Lipinski definition) is 1. The minimum atomic E-state index is -0.695. The summed E-state index contributed by atoms with van der Waals surface area (Å²) in [4.78, 5) is 34.6. The van der Waals surface area contributed by atoms with E-state index >= 15 is 0 Å². The molecule has 0 aliphatic rings. The topological polar surface area (TPSA) is 116 Å². The molecule has 0 aliphatic heterocycles. The molecule has 0 bridgehead atoms. The summed E-state index contributed by atoms with van der Waals surface area (Å²) in [6, 6.07) is 7.66. The molecule has 2 aromatic rings. The fraction of sp³-hybridized carbons (Fsp3) is 0.421. The molecule has 28 heavy (non-hydrogen) atoms. The molecule has 150 valence electrons. The van der Waals surface area contributed by atoms with Crippen molar-refractivity contribution in [3.63, 3.8) is 0 Å². The van der Waals surface area contributed by atoms with Crippen LogP contribution in [0.4, 0.5) is 5.69 Å². The van der Waals surface area contributed by atoms with Crippen molar-refractivity contribution in [3.8, 4) is 0 Å². The highest BCUT2D eigenvalue weighted by molar-refractivity contribution is 5.80. The minimum Gasteiger partial charge on any atom is -0.454 e. The number of nitro groups is 1. The molecule has 1 amide bonds. The van der Waals surface area contributed by atoms with Gasteiger partial charge in [0.05, 0.1) is 11.0 Å². The summed E-state index contributed by atoms with van der Waals surface area (Å²) in [7, 11) is 0. The monoisotopic (exact) mass is 388 g/mol. The van der Waals surface area contributed by atoms with Crippen LogP contribution < -0.4 is 5.32 Å². The number of esters is 1. The van der Waals surface area contributed by atoms with Crippen molar-refractivity contribution in [1.29, 1.82) is 0 Å². The Bertz CT molecular complexity index is 873. The van der Waals surface area contributed by atoms with Crippen LogP contribution in [0.15, 0.2) is 24.3 Å². The molecule has 9 nitrogen and oxygen atoms in total. The maximum atomic E-state index is 12.1. The minimum absolute atomic E-state index is 0.130. The summed E-state index contributed by atoms with van der Waals surface area (Å²) >= 11 is 0. The Balaban J connectivity index is 1.90. The van der Waals surface area contributed by atoms with Crippen LogP contribution in [0, 0.1) is 30.9 Å². The molecule has 0 radical (unpaired) electrons. The van der Waals surface area contributed by atoms with Gasteiger partial charge in [0.25, 0.3) is 5.91 Å². The SMILES string of the molecule is CC[C@@H](NC(=O)COC(=O)Cn1nc(C)c([N+](=O)[O-])c1C)c1ccc(C)cc1. The fourth-order valence-corrected chi connectivity index (χ4v) is 2.88. The van der Waals surface area contributed by atoms with Crippen LogP contribution in [0.5, 0.6) is 0 Å². The molecule has 9 heteroatoms. The zero-order chi connectivity index (χ0) is 20.8. The van der Waals surface area contributed by atoms with Crippen LogP contribution in [0.1, 0.15) is 41.9 Å². The van der Waals surface area contributed by atoms with E-state index in [9.17, 15) is 19.7 Å². The van der Waals surface area contributed by atoms with Crippen LogP contribution in [0.2, 0.25) is 0 Å². The highest BCUT2D eigenvalue weighted by atomic mass is 16.6. The fourth-order valence-electron chi connectivity index (χ4n) is 2.88. The highest BCUT2D eigenvalue weighted by Gasteiger charge is 2.23. The Hall–Kier alpha value is -3.23. The van der Waals surface area contributed by atoms with Gasteiger partial charge in [-0.05, 0) is 32.8 Å². The molecule has 2 rings (SSSR count). The van der Waals surface area contributed by atoms with Gasteiger partial charge >= 0.3 is 11.7 Å². The van der Waals surface area contributed by atoms with Crippen molar-refractivity contribution in [3.05, 3.63) is 56.9 Å². The van der Waals surface area contributed by atoms with Crippen molar-refractivity contribution in [1.82, 2.24) is 15.1 Å². The van der Waals surface area contributed by atoms with Gasteiger partial charge in [-0.3, -0.25) is 24.4 Å². The number of nitrogens with one attached hydrogen (secondary N) is 1. The van der Waals surface area contributed by atoms with Gasteiger partial charge in [-0.15, -0.1) is 0 Å². The summed E-state index contributed by atoms with van der Waals surface area (Å²) < 4.78 is 6.19. The predicted octanol–water partition coefficient (Wildman–Crippen LogP) is 2.53. The Morgan fingerprint density at radius 3 is 2.43 bits per heavy atom. The van der Waals surface area contributed by atoms with E-state index in [0.717, 1.165) is 11.1 Å². The van der Waals surface area contributed by atoms with E-state index < -0.39 is 23.4 Å². The molecule has 1 aromatic heterocycles. The lowest BCUT2D eigenvalue weighted by Crippen LogP contribution is -2.32. The Morgan fingerprint density at radius 1 is 1.25 bits per heavy atom. The number of rotatable bonds is 8. The number of hydrogen-bond acceptors (Lipinski definition) is 6. The quantitative estimate of drug-likeness (QED) is 0.422. The van der Waals surface area contributed by atoms with Crippen LogP contribution in [0.25, 0.3) is 0 Å². The Labute approximate surface area is 162 Å². The summed E-state index contributed by atoms with van der Waals surface area (Å²) in [5, 5.41) is 17.8. The first-order valence-electron chi connectivity index (χ1n) is 8.92. The molecular weight excluding hydrogens is 364 g/mol. The third kappa shape index (κ3) is 5.15. The maximum Gasteiger partial charge on any atom is 0.328 e. The third-order valence-corrected chi connectivity index (χ3v) is 4.39. The lowest BCUT2D eigenvalue weighted by molar-refractivity contribution is -0.386. The van der Waals surface area contributed by atoms with Gasteiger partial charge in [-0.2, -0.15) is 5.10 Å². The van der Waals surface area contributed by atoms with E-state index in [1.165, 1.54) is 18.5 Å². The van der Waals surface area contributed by atoms with Crippen LogP contribution in [-0.4, -0.2) is 33.2 Å². The second-order valence-electron chi connectivity index (χ2n) is 6.53. The zero-order valence-corrected chi connectivity index (χ0v) is 16.4. The van der Waals surface area contributed by atoms with E-state index in [1.54, 1.807) is 0 Å². The largest absolute Gasteiger partial charge is 0.454 e. The van der Waals surface area contributed by atoms with Crippen molar-refractivity contribution in [2.75, 3.05) is 6.61 Å². The Morgan fingerprint density at radius 2 is 1.89 bits per heavy atom. The first-order chi connectivity index (χ1) is 13.2. The van der Waals surface area contributed by atoms with Gasteiger partial charge in [0.1, 0.15) is 17.9 Å². The van der Waals surface area contributed by atoms with E-state index in [1.807, 2.05) is 38.1 Å². The second kappa shape index (κ2) is 9.12. The number of amides is 1. The van der Waals surface area contributed by atoms with Gasteiger partial charge in [0.15, 0.2) is 6.61 Å². The van der Waals surface area contributed by atoms with Gasteiger partial charge in [-0.1, -0.05) is 36.8 Å². The van der Waals surface area contributed by atoms with E-state index in [4.69, 9.17) is 4.74 Å². The van der Waals surface area contributed by atoms with Crippen LogP contribution in [-0.2, 0) is 20.9 Å². The lowest BCUT2D eigenvalue weighted by Gasteiger charge is -2.17. The number of benzene rings is 1. The molecule has 0 fully saturated rings. The molecule has 0 saturated carbocycles. The molecule has 0 unspecified atom stereocenters. The van der Waals surface area contributed by atoms with Crippen molar-refractivity contribution in [2.45, 2.75) is 46.7 Å². The second-order valence-corrected chi connectivity index (χ2v) is 6.53. The molecule has 0 saturated heterocycles. The molecule has 0 aliphatic carbocycles. The van der Waals surface area contributed by atoms with Crippen LogP contribution in [0.3, 0.4) is 0 Å². The number of carbonyl (C=O) groups excluding carboxylic acids is 2. The third-order valence-electron chi connectivity index (χ3n) is 4.39. The van der Waals surface area contributed by atoms with Gasteiger partial charge < -0.3 is 10.1 Å². The van der Waals surface area contributed by atoms with Crippen molar-refractivity contribution in [2.24, 2.45) is 0 Å². The smallest absolute Gasteiger partial charge is 0.328 e. The molecule has 0 spiro atoms. The predicted molar refractivity (Wildman–Crippen MR) is 102 cm³/mol. The van der Waals surface area contributed by atoms with E-state index in [0.29, 0.717) is 6.42 Å². The molecule has 1 atom stereocenters. The molecule has 1 N–H and O–H groups in total. The average Bonchev–Trinajstić information content (AvgIpc) is 2.92. The van der Waals surface area contributed by atoms with Gasteiger partial charge in [0.2, 0.25) is 0 Å². The molecular formula is C19H24N4O5. The zero-order valence-electron chi connectivity index (χ0n) is 16.4. The number of nitrogens with zero attached hydrogens (tertiary/aromatic N) is 3. The van der Waals surface area contributed by atoms with E-state index in [-0.39, 0.29) is 29.7 Å².